The number of hydrogen-bond donors (Lipinski definition) is 1. The van der Waals surface area contributed by atoms with E-state index in [4.69, 9.17) is 18.3 Å². The summed E-state index contributed by atoms with van der Waals surface area (Å²) in [7, 11) is 0. The van der Waals surface area contributed by atoms with Gasteiger partial charge in [0.1, 0.15) is 40.0 Å². The monoisotopic (exact) mass is 472 g/mol. The van der Waals surface area contributed by atoms with Crippen molar-refractivity contribution in [1.82, 2.24) is 0 Å². The third-order valence-electron chi connectivity index (χ3n) is 6.80. The van der Waals surface area contributed by atoms with Gasteiger partial charge in [0.25, 0.3) is 0 Å². The number of ether oxygens (including phenoxy) is 2. The molecule has 0 radical (unpaired) electrons. The minimum atomic E-state index is -1.02. The molecule has 2 aliphatic heterocycles. The van der Waals surface area contributed by atoms with Gasteiger partial charge in [-0.15, -0.1) is 0 Å². The fourth-order valence-electron chi connectivity index (χ4n) is 5.10. The molecule has 35 heavy (non-hydrogen) atoms. The van der Waals surface area contributed by atoms with Crippen LogP contribution in [0.4, 0.5) is 0 Å². The Hall–Kier alpha value is -3.84. The maximum atomic E-state index is 12.2. The maximum absolute atomic E-state index is 12.2. The average molecular weight is 472 g/mol. The first kappa shape index (κ1) is 21.7. The average Bonchev–Trinajstić information content (AvgIpc) is 2.78. The van der Waals surface area contributed by atoms with E-state index in [1.54, 1.807) is 12.1 Å². The van der Waals surface area contributed by atoms with Crippen molar-refractivity contribution in [3.05, 3.63) is 86.1 Å². The lowest BCUT2D eigenvalue weighted by Crippen LogP contribution is -2.49. The van der Waals surface area contributed by atoms with Crippen LogP contribution in [0.3, 0.4) is 0 Å². The van der Waals surface area contributed by atoms with Gasteiger partial charge in [-0.2, -0.15) is 0 Å². The molecule has 2 aliphatic rings. The third-order valence-corrected chi connectivity index (χ3v) is 6.80. The van der Waals surface area contributed by atoms with Crippen molar-refractivity contribution in [3.63, 3.8) is 0 Å². The van der Waals surface area contributed by atoms with Crippen molar-refractivity contribution >= 4 is 28.0 Å². The van der Waals surface area contributed by atoms with Gasteiger partial charge in [0.05, 0.1) is 5.56 Å². The second-order valence-electron chi connectivity index (χ2n) is 10.2. The summed E-state index contributed by atoms with van der Waals surface area (Å²) >= 11 is 0. The minimum Gasteiger partial charge on any atom is -0.485 e. The predicted molar refractivity (Wildman–Crippen MR) is 131 cm³/mol. The van der Waals surface area contributed by atoms with E-state index in [0.717, 1.165) is 0 Å². The van der Waals surface area contributed by atoms with Crippen molar-refractivity contribution in [2.24, 2.45) is 0 Å². The van der Waals surface area contributed by atoms with E-state index in [1.165, 1.54) is 12.1 Å². The second-order valence-corrected chi connectivity index (χ2v) is 10.2. The molecule has 2 aromatic heterocycles. The minimum absolute atomic E-state index is 0.346. The SMILES string of the molecule is CC1(C)C=Cc2c(cc(C3c4c(ccc5ccc(=O)oc45)OC(C)(C)C3O)c3ccc(=O)oc23)O1. The molecular weight excluding hydrogens is 448 g/mol. The summed E-state index contributed by atoms with van der Waals surface area (Å²) in [5.41, 5.74) is 0.0980. The Balaban J connectivity index is 1.74. The number of rotatable bonds is 1. The molecule has 6 rings (SSSR count). The standard InChI is InChI=1S/C28H24O7/c1-27(2)12-11-16-19(34-27)13-17(15-7-10-21(30)33-25(15)16)22-23-18(35-28(3,4)26(22)31)8-5-14-6-9-20(29)32-24(14)23/h5-13,22,26,31H,1-4H3. The topological polar surface area (TPSA) is 99.1 Å². The summed E-state index contributed by atoms with van der Waals surface area (Å²) in [5, 5.41) is 13.0. The Kier molecular flexibility index (Phi) is 4.39. The van der Waals surface area contributed by atoms with Gasteiger partial charge in [-0.25, -0.2) is 9.59 Å². The zero-order valence-corrected chi connectivity index (χ0v) is 19.7. The summed E-state index contributed by atoms with van der Waals surface area (Å²) in [6.07, 6.45) is 2.78. The van der Waals surface area contributed by atoms with Gasteiger partial charge in [-0.05, 0) is 75.7 Å². The van der Waals surface area contributed by atoms with Crippen LogP contribution in [0.5, 0.6) is 11.5 Å². The second kappa shape index (κ2) is 7.09. The highest BCUT2D eigenvalue weighted by atomic mass is 16.5. The Morgan fingerprint density at radius 3 is 2.29 bits per heavy atom. The van der Waals surface area contributed by atoms with Crippen molar-refractivity contribution in [2.75, 3.05) is 0 Å². The van der Waals surface area contributed by atoms with Crippen LogP contribution >= 0.6 is 0 Å². The van der Waals surface area contributed by atoms with Crippen LogP contribution in [-0.2, 0) is 0 Å². The summed E-state index contributed by atoms with van der Waals surface area (Å²) in [6, 6.07) is 11.6. The molecule has 0 aliphatic carbocycles. The van der Waals surface area contributed by atoms with E-state index in [2.05, 4.69) is 0 Å². The first-order valence-electron chi connectivity index (χ1n) is 11.5. The first-order valence-corrected chi connectivity index (χ1v) is 11.5. The molecule has 4 aromatic rings. The van der Waals surface area contributed by atoms with Crippen LogP contribution < -0.4 is 20.7 Å². The third kappa shape index (κ3) is 3.30. The van der Waals surface area contributed by atoms with Crippen molar-refractivity contribution < 1.29 is 23.4 Å². The summed E-state index contributed by atoms with van der Waals surface area (Å²) in [5.74, 6) is 0.381. The predicted octanol–water partition coefficient (Wildman–Crippen LogP) is 4.75. The number of aliphatic hydroxyl groups excluding tert-OH is 1. The molecule has 2 unspecified atom stereocenters. The molecule has 0 amide bonds. The number of aliphatic hydroxyl groups is 1. The lowest BCUT2D eigenvalue weighted by atomic mass is 9.75. The number of benzene rings is 2. The van der Waals surface area contributed by atoms with Crippen LogP contribution in [0.15, 0.2) is 67.0 Å². The fraction of sp³-hybridized carbons (Fsp3) is 0.286. The molecule has 0 saturated carbocycles. The van der Waals surface area contributed by atoms with Gasteiger partial charge in [0.15, 0.2) is 0 Å². The molecule has 0 saturated heterocycles. The van der Waals surface area contributed by atoms with E-state index < -0.39 is 34.5 Å². The molecule has 178 valence electrons. The van der Waals surface area contributed by atoms with Crippen molar-refractivity contribution in [2.45, 2.75) is 50.9 Å². The normalized spacial score (nSPS) is 21.7. The summed E-state index contributed by atoms with van der Waals surface area (Å²) < 4.78 is 23.7. The van der Waals surface area contributed by atoms with Crippen LogP contribution in [0.25, 0.3) is 28.0 Å². The molecule has 2 aromatic carbocycles. The van der Waals surface area contributed by atoms with E-state index in [9.17, 15) is 14.7 Å². The summed E-state index contributed by atoms with van der Waals surface area (Å²) in [4.78, 5) is 24.4. The lowest BCUT2D eigenvalue weighted by molar-refractivity contribution is -0.0507. The Bertz CT molecular complexity index is 1670. The Morgan fingerprint density at radius 1 is 0.829 bits per heavy atom. The lowest BCUT2D eigenvalue weighted by Gasteiger charge is -2.43. The van der Waals surface area contributed by atoms with Gasteiger partial charge in [0, 0.05) is 34.4 Å². The van der Waals surface area contributed by atoms with E-state index in [0.29, 0.717) is 50.1 Å². The van der Waals surface area contributed by atoms with E-state index >= 15 is 0 Å². The van der Waals surface area contributed by atoms with E-state index in [-0.39, 0.29) is 0 Å². The summed E-state index contributed by atoms with van der Waals surface area (Å²) in [6.45, 7) is 7.48. The van der Waals surface area contributed by atoms with Gasteiger partial charge in [0.2, 0.25) is 0 Å². The molecule has 0 fully saturated rings. The zero-order valence-electron chi connectivity index (χ0n) is 19.7. The van der Waals surface area contributed by atoms with Gasteiger partial charge < -0.3 is 23.4 Å². The molecule has 7 heteroatoms. The Morgan fingerprint density at radius 2 is 1.51 bits per heavy atom. The molecule has 7 nitrogen and oxygen atoms in total. The maximum Gasteiger partial charge on any atom is 0.336 e. The quantitative estimate of drug-likeness (QED) is 0.399. The Labute approximate surface area is 200 Å². The van der Waals surface area contributed by atoms with Gasteiger partial charge in [-0.3, -0.25) is 0 Å². The van der Waals surface area contributed by atoms with Crippen molar-refractivity contribution in [1.29, 1.82) is 0 Å². The molecule has 1 N–H and O–H groups in total. The highest BCUT2D eigenvalue weighted by molar-refractivity contribution is 5.93. The van der Waals surface area contributed by atoms with Crippen molar-refractivity contribution in [3.8, 4) is 11.5 Å². The zero-order chi connectivity index (χ0) is 24.7. The molecule has 2 atom stereocenters. The highest BCUT2D eigenvalue weighted by Crippen LogP contribution is 2.50. The molecule has 0 spiro atoms. The number of fused-ring (bicyclic) bond motifs is 6. The molecule has 0 bridgehead atoms. The smallest absolute Gasteiger partial charge is 0.336 e. The number of hydrogen-bond acceptors (Lipinski definition) is 7. The van der Waals surface area contributed by atoms with E-state index in [1.807, 2.05) is 58.0 Å². The fourth-order valence-corrected chi connectivity index (χ4v) is 5.10. The first-order chi connectivity index (χ1) is 16.5. The molecular formula is C28H24O7. The molecule has 4 heterocycles. The van der Waals surface area contributed by atoms with Crippen LogP contribution in [0, 0.1) is 0 Å². The largest absolute Gasteiger partial charge is 0.485 e. The van der Waals surface area contributed by atoms with Crippen LogP contribution in [-0.4, -0.2) is 22.4 Å². The van der Waals surface area contributed by atoms with Gasteiger partial charge >= 0.3 is 11.3 Å². The van der Waals surface area contributed by atoms with Crippen LogP contribution in [0.1, 0.15) is 50.3 Å². The highest BCUT2D eigenvalue weighted by Gasteiger charge is 2.46. The van der Waals surface area contributed by atoms with Crippen LogP contribution in [0.2, 0.25) is 0 Å². The van der Waals surface area contributed by atoms with Gasteiger partial charge in [-0.1, -0.05) is 0 Å².